The molecule has 4 rings (SSSR count). The van der Waals surface area contributed by atoms with Gasteiger partial charge in [0, 0.05) is 38.6 Å². The van der Waals surface area contributed by atoms with Crippen molar-refractivity contribution in [2.24, 2.45) is 12.5 Å². The molecule has 154 valence electrons. The summed E-state index contributed by atoms with van der Waals surface area (Å²) in [6.07, 6.45) is 12.3. The van der Waals surface area contributed by atoms with Gasteiger partial charge in [0.1, 0.15) is 5.82 Å². The maximum Gasteiger partial charge on any atom is 0.230 e. The van der Waals surface area contributed by atoms with Crippen LogP contribution < -0.4 is 0 Å². The van der Waals surface area contributed by atoms with E-state index < -0.39 is 0 Å². The van der Waals surface area contributed by atoms with Gasteiger partial charge in [-0.05, 0) is 44.7 Å². The number of piperidine rings is 2. The van der Waals surface area contributed by atoms with Crippen LogP contribution in [0.5, 0.6) is 0 Å². The normalized spacial score (nSPS) is 25.9. The molecule has 2 fully saturated rings. The molecule has 0 saturated carbocycles. The smallest absolute Gasteiger partial charge is 0.230 e. The molecular formula is C24H32N4O. The predicted molar refractivity (Wildman–Crippen MR) is 116 cm³/mol. The van der Waals surface area contributed by atoms with Gasteiger partial charge in [-0.2, -0.15) is 0 Å². The number of carbonyl (C=O) groups is 1. The molecule has 0 aliphatic carbocycles. The van der Waals surface area contributed by atoms with Crippen molar-refractivity contribution >= 4 is 12.0 Å². The minimum absolute atomic E-state index is 0.237. The molecule has 3 heterocycles. The summed E-state index contributed by atoms with van der Waals surface area (Å²) in [7, 11) is 2.04. The molecule has 2 aliphatic rings. The van der Waals surface area contributed by atoms with Crippen LogP contribution in [0.25, 0.3) is 6.08 Å². The van der Waals surface area contributed by atoms with Gasteiger partial charge in [-0.1, -0.05) is 42.5 Å². The van der Waals surface area contributed by atoms with E-state index in [0.29, 0.717) is 12.5 Å². The van der Waals surface area contributed by atoms with Crippen LogP contribution in [0.4, 0.5) is 0 Å². The highest BCUT2D eigenvalue weighted by Gasteiger charge is 2.50. The van der Waals surface area contributed by atoms with Crippen LogP contribution in [-0.4, -0.2) is 50.9 Å². The zero-order chi connectivity index (χ0) is 20.3. The van der Waals surface area contributed by atoms with E-state index in [2.05, 4.69) is 50.6 Å². The molecule has 2 saturated heterocycles. The maximum atomic E-state index is 13.6. The van der Waals surface area contributed by atoms with E-state index >= 15 is 0 Å². The van der Waals surface area contributed by atoms with E-state index in [4.69, 9.17) is 0 Å². The molecule has 0 bridgehead atoms. The maximum absolute atomic E-state index is 13.6. The number of aromatic nitrogens is 2. The van der Waals surface area contributed by atoms with Crippen LogP contribution >= 0.6 is 0 Å². The van der Waals surface area contributed by atoms with Crippen molar-refractivity contribution in [1.29, 1.82) is 0 Å². The van der Waals surface area contributed by atoms with E-state index in [1.807, 2.05) is 37.6 Å². The lowest BCUT2D eigenvalue weighted by atomic mass is 9.67. The monoisotopic (exact) mass is 392 g/mol. The Morgan fingerprint density at radius 2 is 1.93 bits per heavy atom. The van der Waals surface area contributed by atoms with Crippen molar-refractivity contribution in [3.63, 3.8) is 0 Å². The Labute approximate surface area is 174 Å². The minimum Gasteiger partial charge on any atom is -0.338 e. The van der Waals surface area contributed by atoms with Gasteiger partial charge in [-0.3, -0.25) is 9.69 Å². The fourth-order valence-electron chi connectivity index (χ4n) is 5.08. The SMILES string of the molecule is C[C@@H]1N(Cc2nccn2C)CCC[C@@]12CCCN(C/C=C/c1ccccc1)C2=O. The summed E-state index contributed by atoms with van der Waals surface area (Å²) in [5.41, 5.74) is 0.932. The predicted octanol–water partition coefficient (Wildman–Crippen LogP) is 3.73. The number of rotatable bonds is 5. The number of imidazole rings is 1. The van der Waals surface area contributed by atoms with Crippen molar-refractivity contribution in [2.45, 2.75) is 45.2 Å². The van der Waals surface area contributed by atoms with E-state index in [1.54, 1.807) is 0 Å². The first-order valence-corrected chi connectivity index (χ1v) is 10.8. The summed E-state index contributed by atoms with van der Waals surface area (Å²) in [5, 5.41) is 0. The van der Waals surface area contributed by atoms with Crippen molar-refractivity contribution in [1.82, 2.24) is 19.4 Å². The molecule has 1 spiro atoms. The summed E-state index contributed by atoms with van der Waals surface area (Å²) in [5.74, 6) is 1.42. The topological polar surface area (TPSA) is 41.4 Å². The third-order valence-corrected chi connectivity index (χ3v) is 6.88. The third kappa shape index (κ3) is 4.01. The highest BCUT2D eigenvalue weighted by atomic mass is 16.2. The van der Waals surface area contributed by atoms with Gasteiger partial charge in [-0.25, -0.2) is 4.98 Å². The number of benzene rings is 1. The number of hydrogen-bond donors (Lipinski definition) is 0. The average Bonchev–Trinajstić information content (AvgIpc) is 3.14. The quantitative estimate of drug-likeness (QED) is 0.779. The lowest BCUT2D eigenvalue weighted by molar-refractivity contribution is -0.155. The number of aryl methyl sites for hydroxylation is 1. The Bertz CT molecular complexity index is 855. The van der Waals surface area contributed by atoms with Gasteiger partial charge in [-0.15, -0.1) is 0 Å². The van der Waals surface area contributed by atoms with Crippen molar-refractivity contribution < 1.29 is 4.79 Å². The largest absolute Gasteiger partial charge is 0.338 e. The first-order valence-electron chi connectivity index (χ1n) is 10.8. The lowest BCUT2D eigenvalue weighted by Gasteiger charge is -2.51. The molecule has 2 atom stereocenters. The Balaban J connectivity index is 1.46. The summed E-state index contributed by atoms with van der Waals surface area (Å²) in [6, 6.07) is 10.5. The fraction of sp³-hybridized carbons (Fsp3) is 0.500. The highest BCUT2D eigenvalue weighted by molar-refractivity contribution is 5.84. The van der Waals surface area contributed by atoms with E-state index in [1.165, 1.54) is 5.56 Å². The lowest BCUT2D eigenvalue weighted by Crippen LogP contribution is -2.60. The highest BCUT2D eigenvalue weighted by Crippen LogP contribution is 2.44. The second kappa shape index (κ2) is 8.54. The van der Waals surface area contributed by atoms with Crippen molar-refractivity contribution in [3.05, 3.63) is 60.2 Å². The molecule has 1 aromatic carbocycles. The first-order chi connectivity index (χ1) is 14.1. The molecule has 5 heteroatoms. The number of amides is 1. The number of likely N-dealkylation sites (tertiary alicyclic amines) is 2. The van der Waals surface area contributed by atoms with Crippen LogP contribution in [0.3, 0.4) is 0 Å². The van der Waals surface area contributed by atoms with Gasteiger partial charge >= 0.3 is 0 Å². The molecule has 0 N–H and O–H groups in total. The zero-order valence-electron chi connectivity index (χ0n) is 17.6. The molecule has 29 heavy (non-hydrogen) atoms. The summed E-state index contributed by atoms with van der Waals surface area (Å²) < 4.78 is 2.08. The van der Waals surface area contributed by atoms with Gasteiger partial charge in [0.25, 0.3) is 0 Å². The van der Waals surface area contributed by atoms with Crippen LogP contribution in [0, 0.1) is 5.41 Å². The van der Waals surface area contributed by atoms with Gasteiger partial charge in [0.15, 0.2) is 0 Å². The van der Waals surface area contributed by atoms with E-state index in [9.17, 15) is 4.79 Å². The number of nitrogens with zero attached hydrogens (tertiary/aromatic N) is 4. The summed E-state index contributed by atoms with van der Waals surface area (Å²) in [4.78, 5) is 22.7. The molecule has 2 aromatic rings. The number of carbonyl (C=O) groups excluding carboxylic acids is 1. The average molecular weight is 393 g/mol. The first kappa shape index (κ1) is 19.9. The third-order valence-electron chi connectivity index (χ3n) is 6.88. The van der Waals surface area contributed by atoms with Gasteiger partial charge in [0.05, 0.1) is 12.0 Å². The van der Waals surface area contributed by atoms with Crippen LogP contribution in [0.1, 0.15) is 44.0 Å². The van der Waals surface area contributed by atoms with Crippen LogP contribution in [0.15, 0.2) is 48.8 Å². The Morgan fingerprint density at radius 1 is 1.17 bits per heavy atom. The number of hydrogen-bond acceptors (Lipinski definition) is 3. The van der Waals surface area contributed by atoms with Crippen LogP contribution in [-0.2, 0) is 18.4 Å². The molecule has 0 unspecified atom stereocenters. The summed E-state index contributed by atoms with van der Waals surface area (Å²) >= 11 is 0. The molecule has 1 amide bonds. The minimum atomic E-state index is -0.248. The standard InChI is InChI=1S/C24H32N4O/c1-20-24(13-8-17-28(20)19-22-25-14-18-26(22)2)12-7-16-27(23(24)29)15-6-11-21-9-4-3-5-10-21/h3-6,9-11,14,18,20H,7-8,12-13,15-17,19H2,1-2H3/b11-6+/t20-,24-/m0/s1. The molecule has 1 aromatic heterocycles. The molecule has 5 nitrogen and oxygen atoms in total. The van der Waals surface area contributed by atoms with Gasteiger partial charge < -0.3 is 9.47 Å². The van der Waals surface area contributed by atoms with Crippen molar-refractivity contribution in [2.75, 3.05) is 19.6 Å². The molecule has 2 aliphatic heterocycles. The zero-order valence-corrected chi connectivity index (χ0v) is 17.6. The molecule has 0 radical (unpaired) electrons. The Hall–Kier alpha value is -2.40. The molecular weight excluding hydrogens is 360 g/mol. The fourth-order valence-corrected chi connectivity index (χ4v) is 5.08. The van der Waals surface area contributed by atoms with Crippen LogP contribution in [0.2, 0.25) is 0 Å². The second-order valence-corrected chi connectivity index (χ2v) is 8.53. The van der Waals surface area contributed by atoms with E-state index in [0.717, 1.165) is 51.1 Å². The Morgan fingerprint density at radius 3 is 2.66 bits per heavy atom. The summed E-state index contributed by atoms with van der Waals surface area (Å²) in [6.45, 7) is 5.67. The van der Waals surface area contributed by atoms with Crippen molar-refractivity contribution in [3.8, 4) is 0 Å². The van der Waals surface area contributed by atoms with Gasteiger partial charge in [0.2, 0.25) is 5.91 Å². The second-order valence-electron chi connectivity index (χ2n) is 8.53. The Kier molecular flexibility index (Phi) is 5.86. The van der Waals surface area contributed by atoms with E-state index in [-0.39, 0.29) is 11.5 Å².